The van der Waals surface area contributed by atoms with Crippen molar-refractivity contribution < 1.29 is 68.4 Å². The van der Waals surface area contributed by atoms with Crippen LogP contribution in [0.1, 0.15) is 84.5 Å². The molecule has 0 unspecified atom stereocenters. The van der Waals surface area contributed by atoms with Crippen molar-refractivity contribution in [1.82, 2.24) is 31.9 Å². The van der Waals surface area contributed by atoms with Gasteiger partial charge in [-0.3, -0.25) is 28.8 Å². The summed E-state index contributed by atoms with van der Waals surface area (Å²) in [6.45, 7) is 2.86. The minimum absolute atomic E-state index is 0.00219. The van der Waals surface area contributed by atoms with Gasteiger partial charge in [0, 0.05) is 39.2 Å². The van der Waals surface area contributed by atoms with Gasteiger partial charge in [-0.05, 0) is 58.9 Å². The second-order valence-electron chi connectivity index (χ2n) is 11.4. The molecule has 5 atom stereocenters. The van der Waals surface area contributed by atoms with Crippen molar-refractivity contribution in [3.8, 4) is 0 Å². The highest BCUT2D eigenvalue weighted by molar-refractivity contribution is 5.88. The summed E-state index contributed by atoms with van der Waals surface area (Å²) in [5, 5.41) is 51.5. The first kappa shape index (κ1) is 44.9. The van der Waals surface area contributed by atoms with E-state index < -0.39 is 110 Å². The third-order valence-electron chi connectivity index (χ3n) is 7.30. The summed E-state index contributed by atoms with van der Waals surface area (Å²) in [5.41, 5.74) is 0. The van der Waals surface area contributed by atoms with E-state index in [1.165, 1.54) is 6.92 Å². The van der Waals surface area contributed by atoms with Crippen LogP contribution in [0.25, 0.3) is 0 Å². The molecule has 20 nitrogen and oxygen atoms in total. The van der Waals surface area contributed by atoms with E-state index in [-0.39, 0.29) is 31.1 Å². The molecular weight excluding hydrogens is 668 g/mol. The second-order valence-corrected chi connectivity index (χ2v) is 11.4. The van der Waals surface area contributed by atoms with E-state index >= 15 is 0 Å². The Morgan fingerprint density at radius 3 is 1.10 bits per heavy atom. The van der Waals surface area contributed by atoms with Crippen LogP contribution in [0.5, 0.6) is 0 Å². The highest BCUT2D eigenvalue weighted by Crippen LogP contribution is 2.07. The summed E-state index contributed by atoms with van der Waals surface area (Å²) in [7, 11) is 1.67. The molecule has 282 valence electrons. The van der Waals surface area contributed by atoms with Gasteiger partial charge in [-0.25, -0.2) is 19.2 Å². The molecule has 0 spiro atoms. The summed E-state index contributed by atoms with van der Waals surface area (Å²) < 4.78 is 0. The zero-order valence-electron chi connectivity index (χ0n) is 28.2. The predicted molar refractivity (Wildman–Crippen MR) is 171 cm³/mol. The largest absolute Gasteiger partial charge is 0.480 e. The fourth-order valence-corrected chi connectivity index (χ4v) is 4.52. The Bertz CT molecular complexity index is 1240. The Balaban J connectivity index is 4.79. The lowest BCUT2D eigenvalue weighted by molar-refractivity contribution is -0.144. The van der Waals surface area contributed by atoms with Crippen LogP contribution in [0.15, 0.2) is 0 Å². The van der Waals surface area contributed by atoms with Crippen molar-refractivity contribution in [2.75, 3.05) is 13.6 Å². The average Bonchev–Trinajstić information content (AvgIpc) is 3.02. The lowest BCUT2D eigenvalue weighted by atomic mass is 10.1. The molecule has 0 aromatic rings. The maximum Gasteiger partial charge on any atom is 0.326 e. The summed E-state index contributed by atoms with van der Waals surface area (Å²) in [6.07, 6.45) is -1.46. The zero-order chi connectivity index (χ0) is 38.4. The summed E-state index contributed by atoms with van der Waals surface area (Å²) >= 11 is 0. The van der Waals surface area contributed by atoms with Crippen LogP contribution in [0.3, 0.4) is 0 Å². The number of Topliss-reactive ketones (excluding diaryl/α,β-unsaturated/α-hetero) is 1. The average molecular weight is 717 g/mol. The van der Waals surface area contributed by atoms with Gasteiger partial charge in [-0.2, -0.15) is 0 Å². The number of aliphatic carboxylic acids is 4. The number of amides is 5. The number of carbonyl (C=O) groups excluding carboxylic acids is 6. The molecule has 50 heavy (non-hydrogen) atoms. The third kappa shape index (κ3) is 20.3. The van der Waals surface area contributed by atoms with Crippen LogP contribution < -0.4 is 31.9 Å². The van der Waals surface area contributed by atoms with Crippen molar-refractivity contribution in [1.29, 1.82) is 0 Å². The fourth-order valence-electron chi connectivity index (χ4n) is 4.52. The molecule has 0 fully saturated rings. The number of carboxylic acid groups (broad SMARTS) is 4. The van der Waals surface area contributed by atoms with Gasteiger partial charge in [0.2, 0.25) is 29.5 Å². The quantitative estimate of drug-likeness (QED) is 0.0406. The monoisotopic (exact) mass is 716 g/mol. The maximum atomic E-state index is 12.4. The SMILES string of the molecule is CN[C@H](CCCCNC(=O)CC[C@H](NC(=O)CC[C@H](NC(=O)CC[C@H](NC(=O)CC[C@H](NC(C)=O)C(=O)O)C(=O)O)C(=O)O)C(=O)O)C(C)=O. The van der Waals surface area contributed by atoms with E-state index in [0.29, 0.717) is 25.8 Å². The first-order valence-electron chi connectivity index (χ1n) is 15.9. The van der Waals surface area contributed by atoms with Gasteiger partial charge < -0.3 is 52.3 Å². The molecule has 0 aliphatic heterocycles. The minimum atomic E-state index is -1.61. The summed E-state index contributed by atoms with van der Waals surface area (Å²) in [5.74, 6) is -9.64. The smallest absolute Gasteiger partial charge is 0.326 e. The van der Waals surface area contributed by atoms with Crippen molar-refractivity contribution in [3.63, 3.8) is 0 Å². The van der Waals surface area contributed by atoms with Gasteiger partial charge in [0.15, 0.2) is 0 Å². The van der Waals surface area contributed by atoms with Gasteiger partial charge in [0.25, 0.3) is 0 Å². The molecule has 0 aromatic heterocycles. The molecule has 0 radical (unpaired) electrons. The topological polar surface area (TPSA) is 324 Å². The molecule has 0 saturated heterocycles. The Morgan fingerprint density at radius 1 is 0.460 bits per heavy atom. The van der Waals surface area contributed by atoms with Crippen LogP contribution in [0.2, 0.25) is 0 Å². The van der Waals surface area contributed by atoms with Gasteiger partial charge in [-0.15, -0.1) is 0 Å². The van der Waals surface area contributed by atoms with E-state index in [1.54, 1.807) is 7.05 Å². The lowest BCUT2D eigenvalue weighted by Crippen LogP contribution is -2.45. The highest BCUT2D eigenvalue weighted by atomic mass is 16.4. The normalized spacial score (nSPS) is 13.7. The van der Waals surface area contributed by atoms with Gasteiger partial charge in [0.05, 0.1) is 6.04 Å². The van der Waals surface area contributed by atoms with E-state index in [2.05, 4.69) is 31.9 Å². The van der Waals surface area contributed by atoms with E-state index in [0.717, 1.165) is 6.92 Å². The van der Waals surface area contributed by atoms with Crippen LogP contribution in [0, 0.1) is 0 Å². The van der Waals surface area contributed by atoms with Gasteiger partial charge >= 0.3 is 23.9 Å². The number of hydrogen-bond acceptors (Lipinski definition) is 11. The first-order chi connectivity index (χ1) is 23.4. The molecule has 0 aliphatic rings. The Labute approximate surface area is 287 Å². The number of carboxylic acids is 4. The lowest BCUT2D eigenvalue weighted by Gasteiger charge is -2.18. The maximum absolute atomic E-state index is 12.4. The van der Waals surface area contributed by atoms with Gasteiger partial charge in [0.1, 0.15) is 30.0 Å². The molecule has 10 N–H and O–H groups in total. The van der Waals surface area contributed by atoms with Crippen LogP contribution in [-0.2, 0) is 47.9 Å². The molecular formula is C30H48N6O14. The second kappa shape index (κ2) is 24.1. The van der Waals surface area contributed by atoms with Crippen LogP contribution in [-0.4, -0.2) is 123 Å². The molecule has 0 rings (SSSR count). The molecule has 0 aliphatic carbocycles. The van der Waals surface area contributed by atoms with Crippen LogP contribution in [0.4, 0.5) is 0 Å². The number of hydrogen-bond donors (Lipinski definition) is 10. The van der Waals surface area contributed by atoms with E-state index in [4.69, 9.17) is 5.11 Å². The van der Waals surface area contributed by atoms with Crippen molar-refractivity contribution in [3.05, 3.63) is 0 Å². The first-order valence-corrected chi connectivity index (χ1v) is 15.9. The fraction of sp³-hybridized carbons (Fsp3) is 0.667. The predicted octanol–water partition coefficient (Wildman–Crippen LogP) is -2.13. The minimum Gasteiger partial charge on any atom is -0.480 e. The number of ketones is 1. The molecule has 0 saturated carbocycles. The molecule has 5 amide bonds. The molecule has 0 aromatic carbocycles. The van der Waals surface area contributed by atoms with Crippen molar-refractivity contribution in [2.45, 2.75) is 115 Å². The number of carbonyl (C=O) groups is 10. The van der Waals surface area contributed by atoms with Crippen LogP contribution >= 0.6 is 0 Å². The summed E-state index contributed by atoms with van der Waals surface area (Å²) in [6, 6.07) is -6.32. The van der Waals surface area contributed by atoms with Crippen molar-refractivity contribution >= 4 is 59.2 Å². The number of unbranched alkanes of at least 4 members (excludes halogenated alkanes) is 1. The summed E-state index contributed by atoms with van der Waals surface area (Å²) in [4.78, 5) is 118. The number of rotatable bonds is 27. The van der Waals surface area contributed by atoms with Gasteiger partial charge in [-0.1, -0.05) is 0 Å². The number of likely N-dealkylation sites (N-methyl/N-ethyl adjacent to an activating group) is 1. The standard InChI is InChI=1S/C30H48N6O14/c1-16(37)18(31-3)6-4-5-15-32-23(39)11-7-20(28(45)46)34-25(41)13-9-22(30(49)50)36-26(42)14-10-21(29(47)48)35-24(40)12-8-19(27(43)44)33-17(2)38/h18-22,31H,4-15H2,1-3H3,(H,32,39)(H,33,38)(H,34,41)(H,35,40)(H,36,42)(H,43,44)(H,45,46)(H,47,48)(H,49,50)/t18-,19+,20+,21+,22+/m1/s1. The van der Waals surface area contributed by atoms with Crippen molar-refractivity contribution in [2.24, 2.45) is 0 Å². The Morgan fingerprint density at radius 2 is 0.800 bits per heavy atom. The third-order valence-corrected chi connectivity index (χ3v) is 7.30. The highest BCUT2D eigenvalue weighted by Gasteiger charge is 2.27. The number of nitrogens with one attached hydrogen (secondary N) is 6. The van der Waals surface area contributed by atoms with E-state index in [1.807, 2.05) is 0 Å². The zero-order valence-corrected chi connectivity index (χ0v) is 28.2. The van der Waals surface area contributed by atoms with E-state index in [9.17, 15) is 63.3 Å². The molecule has 0 bridgehead atoms. The molecule has 20 heteroatoms. The Kier molecular flexibility index (Phi) is 21.6. The Hall–Kier alpha value is -5.14. The molecule has 0 heterocycles.